The van der Waals surface area contributed by atoms with Crippen molar-refractivity contribution in [1.29, 1.82) is 0 Å². The Morgan fingerprint density at radius 2 is 1.82 bits per heavy atom. The van der Waals surface area contributed by atoms with Gasteiger partial charge in [-0.05, 0) is 35.9 Å². The van der Waals surface area contributed by atoms with Crippen LogP contribution in [-0.4, -0.2) is 49.5 Å². The van der Waals surface area contributed by atoms with Gasteiger partial charge in [0.25, 0.3) is 0 Å². The number of piperazine rings is 1. The van der Waals surface area contributed by atoms with E-state index in [9.17, 15) is 9.18 Å². The van der Waals surface area contributed by atoms with Gasteiger partial charge in [-0.2, -0.15) is 0 Å². The average molecular weight is 381 g/mol. The molecule has 0 aliphatic carbocycles. The molecule has 4 rings (SSSR count). The zero-order valence-electron chi connectivity index (χ0n) is 15.6. The first-order chi connectivity index (χ1) is 13.6. The summed E-state index contributed by atoms with van der Waals surface area (Å²) in [5.41, 5.74) is 9.22. The van der Waals surface area contributed by atoms with Crippen LogP contribution in [0.3, 0.4) is 0 Å². The number of benzene rings is 2. The van der Waals surface area contributed by atoms with E-state index in [2.05, 4.69) is 20.1 Å². The first-order valence-electron chi connectivity index (χ1n) is 9.54. The average Bonchev–Trinajstić information content (AvgIpc) is 2.72. The number of nitrogens with two attached hydrogens (primary N) is 1. The number of nitrogens with zero attached hydrogens (tertiary/aromatic N) is 3. The highest BCUT2D eigenvalue weighted by molar-refractivity contribution is 5.94. The Morgan fingerprint density at radius 1 is 1.11 bits per heavy atom. The summed E-state index contributed by atoms with van der Waals surface area (Å²) in [5.74, 6) is 0.355. The Labute approximate surface area is 163 Å². The molecule has 2 aromatic carbocycles. The van der Waals surface area contributed by atoms with Crippen molar-refractivity contribution in [3.8, 4) is 0 Å². The van der Waals surface area contributed by atoms with Crippen molar-refractivity contribution in [2.24, 2.45) is 10.7 Å². The second-order valence-corrected chi connectivity index (χ2v) is 7.19. The van der Waals surface area contributed by atoms with Crippen LogP contribution in [0.5, 0.6) is 0 Å². The second-order valence-electron chi connectivity index (χ2n) is 7.19. The van der Waals surface area contributed by atoms with Crippen LogP contribution in [0.25, 0.3) is 0 Å². The molecule has 0 spiro atoms. The molecule has 2 heterocycles. The van der Waals surface area contributed by atoms with Crippen LogP contribution in [0.2, 0.25) is 0 Å². The molecule has 1 saturated heterocycles. The van der Waals surface area contributed by atoms with Crippen LogP contribution in [0, 0.1) is 5.82 Å². The van der Waals surface area contributed by atoms with Crippen molar-refractivity contribution in [2.45, 2.75) is 12.3 Å². The lowest BCUT2D eigenvalue weighted by Crippen LogP contribution is -2.51. The van der Waals surface area contributed by atoms with Gasteiger partial charge in [0.1, 0.15) is 5.82 Å². The van der Waals surface area contributed by atoms with Gasteiger partial charge < -0.3 is 20.9 Å². The molecule has 0 radical (unpaired) electrons. The Balaban J connectivity index is 1.36. The zero-order chi connectivity index (χ0) is 19.5. The number of para-hydroxylation sites is 1. The fourth-order valence-corrected chi connectivity index (χ4v) is 3.81. The highest BCUT2D eigenvalue weighted by Crippen LogP contribution is 2.32. The molecule has 2 aliphatic heterocycles. The van der Waals surface area contributed by atoms with E-state index >= 15 is 0 Å². The fourth-order valence-electron chi connectivity index (χ4n) is 3.81. The molecule has 1 unspecified atom stereocenters. The molecule has 7 heteroatoms. The number of fused-ring (bicyclic) bond motifs is 1. The van der Waals surface area contributed by atoms with Crippen molar-refractivity contribution in [2.75, 3.05) is 42.9 Å². The monoisotopic (exact) mass is 381 g/mol. The summed E-state index contributed by atoms with van der Waals surface area (Å²) in [4.78, 5) is 20.8. The molecule has 1 amide bonds. The summed E-state index contributed by atoms with van der Waals surface area (Å²) in [6.07, 6.45) is 0.423. The largest absolute Gasteiger partial charge is 0.370 e. The number of guanidine groups is 1. The van der Waals surface area contributed by atoms with Crippen molar-refractivity contribution in [1.82, 2.24) is 4.90 Å². The molecule has 0 aromatic heterocycles. The third-order valence-electron chi connectivity index (χ3n) is 5.38. The lowest BCUT2D eigenvalue weighted by molar-refractivity contribution is -0.116. The molecule has 1 fully saturated rings. The van der Waals surface area contributed by atoms with Crippen LogP contribution in [-0.2, 0) is 4.79 Å². The maximum Gasteiger partial charge on any atom is 0.225 e. The van der Waals surface area contributed by atoms with E-state index in [-0.39, 0.29) is 17.6 Å². The highest BCUT2D eigenvalue weighted by Gasteiger charge is 2.25. The Hall–Kier alpha value is -3.09. The number of aliphatic imine (C=N–C) groups is 1. The molecule has 0 saturated carbocycles. The molecule has 1 atom stereocenters. The Morgan fingerprint density at radius 3 is 2.57 bits per heavy atom. The third kappa shape index (κ3) is 3.93. The minimum absolute atomic E-state index is 0.0189. The van der Waals surface area contributed by atoms with Crippen LogP contribution < -0.4 is 16.0 Å². The maximum absolute atomic E-state index is 13.1. The van der Waals surface area contributed by atoms with Gasteiger partial charge >= 0.3 is 0 Å². The molecular weight excluding hydrogens is 357 g/mol. The first-order valence-corrected chi connectivity index (χ1v) is 9.54. The zero-order valence-corrected chi connectivity index (χ0v) is 15.6. The number of carbonyl (C=O) groups is 1. The third-order valence-corrected chi connectivity index (χ3v) is 5.38. The molecule has 3 N–H and O–H groups in total. The van der Waals surface area contributed by atoms with Gasteiger partial charge in [0, 0.05) is 49.9 Å². The Kier molecular flexibility index (Phi) is 5.14. The number of anilines is 2. The number of carbonyl (C=O) groups excluding carboxylic acids is 1. The van der Waals surface area contributed by atoms with Gasteiger partial charge in [-0.25, -0.2) is 4.39 Å². The highest BCUT2D eigenvalue weighted by atomic mass is 19.1. The first kappa shape index (κ1) is 18.3. The van der Waals surface area contributed by atoms with Gasteiger partial charge in [-0.1, -0.05) is 18.2 Å². The molecule has 0 bridgehead atoms. The minimum atomic E-state index is -0.225. The number of hydrogen-bond acceptors (Lipinski definition) is 3. The molecular formula is C21H24FN5O. The second kappa shape index (κ2) is 7.88. The molecule has 28 heavy (non-hydrogen) atoms. The van der Waals surface area contributed by atoms with Crippen molar-refractivity contribution < 1.29 is 9.18 Å². The lowest BCUT2D eigenvalue weighted by Gasteiger charge is -2.36. The number of rotatable bonds is 3. The van der Waals surface area contributed by atoms with Crippen molar-refractivity contribution in [3.05, 3.63) is 59.9 Å². The van der Waals surface area contributed by atoms with E-state index in [1.54, 1.807) is 12.1 Å². The number of amides is 1. The Bertz CT molecular complexity index is 875. The van der Waals surface area contributed by atoms with Gasteiger partial charge in [0.2, 0.25) is 5.91 Å². The number of halogens is 1. The summed E-state index contributed by atoms with van der Waals surface area (Å²) in [6, 6.07) is 14.4. The predicted octanol–water partition coefficient (Wildman–Crippen LogP) is 2.39. The SMILES string of the molecule is NC(=NCC1CC(=O)Nc2ccccc21)N1CCN(c2ccc(F)cc2)CC1. The van der Waals surface area contributed by atoms with E-state index < -0.39 is 0 Å². The molecule has 2 aliphatic rings. The van der Waals surface area contributed by atoms with Crippen molar-refractivity contribution in [3.63, 3.8) is 0 Å². The summed E-state index contributed by atoms with van der Waals surface area (Å²) in [7, 11) is 0. The minimum Gasteiger partial charge on any atom is -0.370 e. The van der Waals surface area contributed by atoms with E-state index in [1.807, 2.05) is 24.3 Å². The normalized spacial score (nSPS) is 20.0. The molecule has 146 valence electrons. The predicted molar refractivity (Wildman–Crippen MR) is 109 cm³/mol. The van der Waals surface area contributed by atoms with E-state index in [1.165, 1.54) is 12.1 Å². The topological polar surface area (TPSA) is 74.0 Å². The summed E-state index contributed by atoms with van der Waals surface area (Å²) in [6.45, 7) is 3.62. The van der Waals surface area contributed by atoms with Crippen LogP contribution >= 0.6 is 0 Å². The summed E-state index contributed by atoms with van der Waals surface area (Å²) in [5, 5.41) is 2.91. The fraction of sp³-hybridized carbons (Fsp3) is 0.333. The van der Waals surface area contributed by atoms with Crippen molar-refractivity contribution >= 4 is 23.2 Å². The summed E-state index contributed by atoms with van der Waals surface area (Å²) >= 11 is 0. The van der Waals surface area contributed by atoms with E-state index in [4.69, 9.17) is 5.73 Å². The molecule has 2 aromatic rings. The maximum atomic E-state index is 13.1. The van der Waals surface area contributed by atoms with E-state index in [0.29, 0.717) is 18.9 Å². The van der Waals surface area contributed by atoms with Gasteiger partial charge in [-0.3, -0.25) is 9.79 Å². The van der Waals surface area contributed by atoms with Gasteiger partial charge in [0.15, 0.2) is 5.96 Å². The number of hydrogen-bond donors (Lipinski definition) is 2. The van der Waals surface area contributed by atoms with Gasteiger partial charge in [0.05, 0.1) is 6.54 Å². The van der Waals surface area contributed by atoms with Crippen LogP contribution in [0.15, 0.2) is 53.5 Å². The number of nitrogens with one attached hydrogen (secondary N) is 1. The van der Waals surface area contributed by atoms with Gasteiger partial charge in [-0.15, -0.1) is 0 Å². The standard InChI is InChI=1S/C21H24FN5O/c22-16-5-7-17(8-6-16)26-9-11-27(12-10-26)21(23)24-14-15-13-20(28)25-19-4-2-1-3-18(15)19/h1-8,15H,9-14H2,(H2,23,24)(H,25,28). The van der Waals surface area contributed by atoms with E-state index in [0.717, 1.165) is 43.1 Å². The van der Waals surface area contributed by atoms with Crippen LogP contribution in [0.4, 0.5) is 15.8 Å². The lowest BCUT2D eigenvalue weighted by atomic mass is 9.91. The quantitative estimate of drug-likeness (QED) is 0.632. The smallest absolute Gasteiger partial charge is 0.225 e. The van der Waals surface area contributed by atoms with Crippen LogP contribution in [0.1, 0.15) is 17.9 Å². The molecule has 6 nitrogen and oxygen atoms in total. The summed E-state index contributed by atoms with van der Waals surface area (Å²) < 4.78 is 13.1.